The Morgan fingerprint density at radius 2 is 2.08 bits per heavy atom. The lowest BCUT2D eigenvalue weighted by Crippen LogP contribution is -2.07. The van der Waals surface area contributed by atoms with E-state index < -0.39 is 16.3 Å². The Kier molecular flexibility index (Phi) is 6.37. The molecule has 0 bridgehead atoms. The fourth-order valence-corrected chi connectivity index (χ4v) is 0.863. The lowest BCUT2D eigenvalue weighted by molar-refractivity contribution is -0.134. The third-order valence-electron chi connectivity index (χ3n) is 1.18. The van der Waals surface area contributed by atoms with Crippen LogP contribution in [0.3, 0.4) is 0 Å². The first kappa shape index (κ1) is 11.2. The number of carbonyl (C=O) groups is 1. The van der Waals surface area contributed by atoms with Crippen molar-refractivity contribution in [1.29, 1.82) is 0 Å². The second-order valence-corrected chi connectivity index (χ2v) is 3.01. The lowest BCUT2D eigenvalue weighted by atomic mass is 10.3. The minimum absolute atomic E-state index is 0.292. The smallest absolute Gasteiger partial charge is 0.346 e. The standard InChI is InChI=1S/C7H12O4S/c1-2-3-4-5-11-7(8)6-12(9)10/h6H,2-5H2,1H3. The van der Waals surface area contributed by atoms with Gasteiger partial charge >= 0.3 is 5.97 Å². The van der Waals surface area contributed by atoms with Crippen molar-refractivity contribution in [3.8, 4) is 0 Å². The first-order valence-electron chi connectivity index (χ1n) is 3.76. The Bertz CT molecular complexity index is 245. The highest BCUT2D eigenvalue weighted by Gasteiger charge is 1.96. The van der Waals surface area contributed by atoms with Crippen LogP contribution in [0.4, 0.5) is 0 Å². The summed E-state index contributed by atoms with van der Waals surface area (Å²) < 4.78 is 24.5. The largest absolute Gasteiger partial charge is 0.462 e. The fourth-order valence-electron chi connectivity index (χ4n) is 0.637. The summed E-state index contributed by atoms with van der Waals surface area (Å²) in [6.07, 6.45) is 2.80. The molecule has 5 heteroatoms. The number of ether oxygens (including phenoxy) is 1. The maximum Gasteiger partial charge on any atom is 0.346 e. The summed E-state index contributed by atoms with van der Waals surface area (Å²) in [6.45, 7) is 2.32. The molecule has 70 valence electrons. The molecule has 0 aromatic heterocycles. The van der Waals surface area contributed by atoms with Crippen LogP contribution in [-0.2, 0) is 19.8 Å². The Hall–Kier alpha value is -0.840. The van der Waals surface area contributed by atoms with Crippen LogP contribution < -0.4 is 0 Å². The molecule has 0 N–H and O–H groups in total. The van der Waals surface area contributed by atoms with Crippen LogP contribution in [0.1, 0.15) is 26.2 Å². The first-order valence-corrected chi connectivity index (χ1v) is 4.90. The number of esters is 1. The van der Waals surface area contributed by atoms with Crippen molar-refractivity contribution in [2.75, 3.05) is 6.61 Å². The zero-order valence-electron chi connectivity index (χ0n) is 6.95. The van der Waals surface area contributed by atoms with Crippen LogP contribution in [0.25, 0.3) is 0 Å². The summed E-state index contributed by atoms with van der Waals surface area (Å²) in [4.78, 5) is 10.5. The van der Waals surface area contributed by atoms with Gasteiger partial charge in [0.2, 0.25) is 10.3 Å². The van der Waals surface area contributed by atoms with Crippen molar-refractivity contribution < 1.29 is 17.9 Å². The van der Waals surface area contributed by atoms with Crippen molar-refractivity contribution in [2.45, 2.75) is 26.2 Å². The Balaban J connectivity index is 3.52. The lowest BCUT2D eigenvalue weighted by Gasteiger charge is -1.98. The van der Waals surface area contributed by atoms with Gasteiger partial charge in [0.05, 0.1) is 6.61 Å². The third-order valence-corrected chi connectivity index (χ3v) is 1.57. The Morgan fingerprint density at radius 3 is 2.58 bits per heavy atom. The van der Waals surface area contributed by atoms with Crippen LogP contribution in [0.5, 0.6) is 0 Å². The van der Waals surface area contributed by atoms with Crippen molar-refractivity contribution in [3.63, 3.8) is 0 Å². The zero-order valence-corrected chi connectivity index (χ0v) is 7.76. The molecule has 0 aromatic carbocycles. The van der Waals surface area contributed by atoms with Gasteiger partial charge in [-0.25, -0.2) is 4.79 Å². The summed E-state index contributed by atoms with van der Waals surface area (Å²) in [5.41, 5.74) is 0. The summed E-state index contributed by atoms with van der Waals surface area (Å²) in [5, 5.41) is 0.520. The van der Waals surface area contributed by atoms with Gasteiger partial charge < -0.3 is 4.74 Å². The number of rotatable bonds is 5. The normalized spacial score (nSPS) is 9.08. The molecule has 0 aliphatic rings. The fraction of sp³-hybridized carbons (Fsp3) is 0.714. The van der Waals surface area contributed by atoms with Gasteiger partial charge in [-0.2, -0.15) is 8.42 Å². The molecule has 0 saturated carbocycles. The van der Waals surface area contributed by atoms with Crippen LogP contribution in [0.2, 0.25) is 0 Å². The van der Waals surface area contributed by atoms with Crippen LogP contribution in [0.15, 0.2) is 0 Å². The van der Waals surface area contributed by atoms with Crippen molar-refractivity contribution >= 4 is 21.6 Å². The highest BCUT2D eigenvalue weighted by atomic mass is 32.2. The second kappa shape index (κ2) is 6.84. The summed E-state index contributed by atoms with van der Waals surface area (Å²) in [7, 11) is -2.45. The van der Waals surface area contributed by atoms with Crippen LogP contribution in [0, 0.1) is 0 Å². The predicted molar refractivity (Wildman–Crippen MR) is 45.5 cm³/mol. The van der Waals surface area contributed by atoms with Crippen LogP contribution >= 0.6 is 0 Å². The van der Waals surface area contributed by atoms with Gasteiger partial charge in [-0.05, 0) is 6.42 Å². The van der Waals surface area contributed by atoms with Gasteiger partial charge in [-0.3, -0.25) is 0 Å². The molecule has 12 heavy (non-hydrogen) atoms. The molecule has 0 aliphatic carbocycles. The number of unbranched alkanes of at least 4 members (excludes halogenated alkanes) is 2. The van der Waals surface area contributed by atoms with Gasteiger partial charge in [0.15, 0.2) is 0 Å². The number of hydrogen-bond acceptors (Lipinski definition) is 4. The molecule has 0 heterocycles. The van der Waals surface area contributed by atoms with E-state index in [-0.39, 0.29) is 0 Å². The quantitative estimate of drug-likeness (QED) is 0.359. The second-order valence-electron chi connectivity index (χ2n) is 2.25. The van der Waals surface area contributed by atoms with E-state index in [2.05, 4.69) is 4.74 Å². The summed E-state index contributed by atoms with van der Waals surface area (Å²) in [5.74, 6) is -0.792. The molecule has 4 nitrogen and oxygen atoms in total. The highest BCUT2D eigenvalue weighted by molar-refractivity contribution is 7.73. The van der Waals surface area contributed by atoms with Gasteiger partial charge in [-0.15, -0.1) is 0 Å². The average Bonchev–Trinajstić information content (AvgIpc) is 1.97. The first-order chi connectivity index (χ1) is 5.66. The number of hydrogen-bond donors (Lipinski definition) is 0. The molecular weight excluding hydrogens is 180 g/mol. The van der Waals surface area contributed by atoms with E-state index in [1.165, 1.54) is 0 Å². The Labute approximate surface area is 73.1 Å². The minimum atomic E-state index is -2.45. The van der Waals surface area contributed by atoms with Crippen molar-refractivity contribution in [1.82, 2.24) is 0 Å². The highest BCUT2D eigenvalue weighted by Crippen LogP contribution is 1.93. The topological polar surface area (TPSA) is 60.4 Å². The van der Waals surface area contributed by atoms with E-state index >= 15 is 0 Å². The summed E-state index contributed by atoms with van der Waals surface area (Å²) >= 11 is 0. The maximum atomic E-state index is 10.5. The molecule has 0 unspecified atom stereocenters. The van der Waals surface area contributed by atoms with Gasteiger partial charge in [0.1, 0.15) is 5.37 Å². The van der Waals surface area contributed by atoms with E-state index in [1.54, 1.807) is 0 Å². The maximum absolute atomic E-state index is 10.5. The SMILES string of the molecule is CCCCCOC(=O)C=S(=O)=O. The average molecular weight is 192 g/mol. The molecule has 0 aromatic rings. The monoisotopic (exact) mass is 192 g/mol. The van der Waals surface area contributed by atoms with Gasteiger partial charge in [-0.1, -0.05) is 19.8 Å². The molecule has 0 rings (SSSR count). The van der Waals surface area contributed by atoms with Crippen molar-refractivity contribution in [2.24, 2.45) is 0 Å². The van der Waals surface area contributed by atoms with Gasteiger partial charge in [0, 0.05) is 0 Å². The molecule has 0 amide bonds. The molecule has 0 radical (unpaired) electrons. The van der Waals surface area contributed by atoms with Crippen LogP contribution in [-0.4, -0.2) is 26.4 Å². The van der Waals surface area contributed by atoms with E-state index in [4.69, 9.17) is 0 Å². The van der Waals surface area contributed by atoms with E-state index in [1.807, 2.05) is 6.92 Å². The van der Waals surface area contributed by atoms with E-state index in [9.17, 15) is 13.2 Å². The molecule has 0 saturated heterocycles. The molecule has 0 aliphatic heterocycles. The Morgan fingerprint density at radius 1 is 1.42 bits per heavy atom. The van der Waals surface area contributed by atoms with E-state index in [0.717, 1.165) is 19.3 Å². The third kappa shape index (κ3) is 7.27. The zero-order chi connectivity index (χ0) is 9.40. The minimum Gasteiger partial charge on any atom is -0.462 e. The predicted octanol–water partition coefficient (Wildman–Crippen LogP) is 0.401. The molecular formula is C7H12O4S. The van der Waals surface area contributed by atoms with Crippen molar-refractivity contribution in [3.05, 3.63) is 0 Å². The molecule has 0 spiro atoms. The van der Waals surface area contributed by atoms with E-state index in [0.29, 0.717) is 12.0 Å². The molecule has 0 fully saturated rings. The number of carbonyl (C=O) groups excluding carboxylic acids is 1. The molecule has 0 atom stereocenters. The van der Waals surface area contributed by atoms with Gasteiger partial charge in [0.25, 0.3) is 0 Å². The summed E-state index contributed by atoms with van der Waals surface area (Å²) in [6, 6.07) is 0.